The highest BCUT2D eigenvalue weighted by Gasteiger charge is 2.26. The molecule has 1 atom stereocenters. The summed E-state index contributed by atoms with van der Waals surface area (Å²) in [7, 11) is 0. The number of nitrogens with zero attached hydrogens (tertiary/aromatic N) is 2. The standard InChI is InChI=1S/C26H25N6O3S2/c33-24(34)13-20-15-31(14-17-5-2-1-3-6-17)23-11-18(9-10-22(23)27-20)16-35-30-19-7-4-8-21(12-19)32-25(36)28-29-26(32)37/h1-12,15,20,27,30H,13-14,16H2,(H,28,36)(H,29,37)(H,33,34). The Kier molecular flexibility index (Phi) is 7.35. The Hall–Kier alpha value is -3.93. The Labute approximate surface area is 223 Å². The maximum Gasteiger partial charge on any atom is 0.305 e. The maximum absolute atomic E-state index is 11.3. The van der Waals surface area contributed by atoms with Crippen LogP contribution >= 0.6 is 24.4 Å². The summed E-state index contributed by atoms with van der Waals surface area (Å²) < 4.78 is 2.68. The first kappa shape index (κ1) is 24.8. The van der Waals surface area contributed by atoms with Gasteiger partial charge in [-0.2, -0.15) is 0 Å². The number of carbonyl (C=O) groups is 1. The Bertz CT molecular complexity index is 1490. The van der Waals surface area contributed by atoms with Gasteiger partial charge < -0.3 is 15.3 Å². The van der Waals surface area contributed by atoms with E-state index in [0.29, 0.717) is 22.7 Å². The van der Waals surface area contributed by atoms with Crippen molar-refractivity contribution in [3.63, 3.8) is 0 Å². The molecule has 37 heavy (non-hydrogen) atoms. The Morgan fingerprint density at radius 1 is 0.973 bits per heavy atom. The fourth-order valence-corrected chi connectivity index (χ4v) is 4.78. The van der Waals surface area contributed by atoms with Gasteiger partial charge in [-0.25, -0.2) is 0 Å². The van der Waals surface area contributed by atoms with Gasteiger partial charge in [-0.3, -0.25) is 29.9 Å². The Morgan fingerprint density at radius 2 is 1.76 bits per heavy atom. The number of aliphatic carboxylic acids is 1. The van der Waals surface area contributed by atoms with Gasteiger partial charge >= 0.3 is 5.97 Å². The van der Waals surface area contributed by atoms with Crippen molar-refractivity contribution in [2.75, 3.05) is 15.7 Å². The summed E-state index contributed by atoms with van der Waals surface area (Å²) in [6, 6.07) is 23.3. The SMILES string of the molecule is O=C(O)CC1[CH]N(Cc2ccccc2)c2cc(CONc3cccc(-n4c(=S)[nH][nH]c4=S)c3)ccc2N1. The quantitative estimate of drug-likeness (QED) is 0.140. The average molecular weight is 534 g/mol. The van der Waals surface area contributed by atoms with Gasteiger partial charge in [0.05, 0.1) is 48.4 Å². The van der Waals surface area contributed by atoms with Crippen LogP contribution < -0.4 is 15.7 Å². The zero-order chi connectivity index (χ0) is 25.8. The summed E-state index contributed by atoms with van der Waals surface area (Å²) in [6.45, 7) is 2.89. The van der Waals surface area contributed by atoms with Crippen LogP contribution in [0.3, 0.4) is 0 Å². The molecule has 0 spiro atoms. The van der Waals surface area contributed by atoms with E-state index < -0.39 is 5.97 Å². The van der Waals surface area contributed by atoms with Gasteiger partial charge in [-0.15, -0.1) is 0 Å². The molecule has 0 bridgehead atoms. The lowest BCUT2D eigenvalue weighted by atomic mass is 10.0. The minimum atomic E-state index is -0.849. The largest absolute Gasteiger partial charge is 0.481 e. The third-order valence-corrected chi connectivity index (χ3v) is 6.45. The fraction of sp³-hybridized carbons (Fsp3) is 0.154. The molecule has 11 heteroatoms. The molecule has 189 valence electrons. The fourth-order valence-electron chi connectivity index (χ4n) is 4.23. The molecule has 4 aromatic rings. The smallest absolute Gasteiger partial charge is 0.305 e. The molecule has 1 unspecified atom stereocenters. The second kappa shape index (κ2) is 11.0. The highest BCUT2D eigenvalue weighted by molar-refractivity contribution is 7.72. The maximum atomic E-state index is 11.3. The molecular weight excluding hydrogens is 508 g/mol. The summed E-state index contributed by atoms with van der Waals surface area (Å²) in [5.74, 6) is -0.849. The first-order chi connectivity index (χ1) is 18.0. The van der Waals surface area contributed by atoms with Crippen LogP contribution in [0.1, 0.15) is 17.5 Å². The van der Waals surface area contributed by atoms with Crippen molar-refractivity contribution in [1.29, 1.82) is 0 Å². The lowest BCUT2D eigenvalue weighted by molar-refractivity contribution is -0.137. The monoisotopic (exact) mass is 533 g/mol. The number of aromatic nitrogens is 3. The van der Waals surface area contributed by atoms with Crippen molar-refractivity contribution >= 4 is 47.5 Å². The van der Waals surface area contributed by atoms with Gasteiger partial charge in [-0.05, 0) is 65.9 Å². The van der Waals surface area contributed by atoms with Crippen molar-refractivity contribution < 1.29 is 14.7 Å². The highest BCUT2D eigenvalue weighted by Crippen LogP contribution is 2.35. The number of fused-ring (bicyclic) bond motifs is 1. The minimum absolute atomic E-state index is 0.00241. The topological polar surface area (TPSA) is 110 Å². The third kappa shape index (κ3) is 5.91. The molecule has 5 rings (SSSR count). The number of carboxylic acid groups (broad SMARTS) is 1. The summed E-state index contributed by atoms with van der Waals surface area (Å²) in [5.41, 5.74) is 8.49. The molecule has 3 aromatic carbocycles. The lowest BCUT2D eigenvalue weighted by Gasteiger charge is -2.36. The molecular formula is C26H25N6O3S2. The normalized spacial score (nSPS) is 14.6. The number of carboxylic acids is 1. The van der Waals surface area contributed by atoms with E-state index in [1.807, 2.05) is 61.1 Å². The van der Waals surface area contributed by atoms with Gasteiger partial charge in [0.15, 0.2) is 9.54 Å². The van der Waals surface area contributed by atoms with E-state index in [-0.39, 0.29) is 12.5 Å². The van der Waals surface area contributed by atoms with Crippen LogP contribution in [-0.4, -0.2) is 31.9 Å². The van der Waals surface area contributed by atoms with Gasteiger partial charge in [0, 0.05) is 6.54 Å². The summed E-state index contributed by atoms with van der Waals surface area (Å²) in [5, 5.41) is 18.3. The predicted molar refractivity (Wildman–Crippen MR) is 148 cm³/mol. The molecule has 0 amide bonds. The van der Waals surface area contributed by atoms with Crippen molar-refractivity contribution in [2.45, 2.75) is 25.6 Å². The van der Waals surface area contributed by atoms with E-state index in [1.54, 1.807) is 4.57 Å². The number of benzene rings is 3. The molecule has 9 nitrogen and oxygen atoms in total. The van der Waals surface area contributed by atoms with Gasteiger partial charge in [0.1, 0.15) is 0 Å². The van der Waals surface area contributed by atoms with E-state index in [2.05, 4.69) is 44.1 Å². The number of nitrogens with one attached hydrogen (secondary N) is 4. The summed E-state index contributed by atoms with van der Waals surface area (Å²) in [4.78, 5) is 19.2. The van der Waals surface area contributed by atoms with Gasteiger partial charge in [0.2, 0.25) is 0 Å². The first-order valence-electron chi connectivity index (χ1n) is 11.6. The minimum Gasteiger partial charge on any atom is -0.481 e. The Balaban J connectivity index is 1.30. The van der Waals surface area contributed by atoms with Crippen LogP contribution in [0.25, 0.3) is 5.69 Å². The van der Waals surface area contributed by atoms with E-state index in [4.69, 9.17) is 29.3 Å². The molecule has 2 heterocycles. The molecule has 0 fully saturated rings. The van der Waals surface area contributed by atoms with Crippen molar-refractivity contribution in [3.05, 3.63) is 100 Å². The van der Waals surface area contributed by atoms with E-state index >= 15 is 0 Å². The van der Waals surface area contributed by atoms with Crippen molar-refractivity contribution in [2.24, 2.45) is 0 Å². The molecule has 0 aliphatic carbocycles. The zero-order valence-electron chi connectivity index (χ0n) is 19.7. The van der Waals surface area contributed by atoms with Crippen LogP contribution in [0.4, 0.5) is 17.1 Å². The predicted octanol–water partition coefficient (Wildman–Crippen LogP) is 5.57. The zero-order valence-corrected chi connectivity index (χ0v) is 21.3. The van der Waals surface area contributed by atoms with Crippen molar-refractivity contribution in [1.82, 2.24) is 14.8 Å². The number of H-pyrrole nitrogens is 2. The number of aromatic amines is 2. The average Bonchev–Trinajstić information content (AvgIpc) is 3.22. The lowest BCUT2D eigenvalue weighted by Crippen LogP contribution is -2.38. The summed E-state index contributed by atoms with van der Waals surface area (Å²) in [6.07, 6.45) is -0.00241. The summed E-state index contributed by atoms with van der Waals surface area (Å²) >= 11 is 10.6. The molecule has 0 saturated heterocycles. The van der Waals surface area contributed by atoms with Crippen LogP contribution in [0, 0.1) is 16.1 Å². The second-order valence-corrected chi connectivity index (χ2v) is 9.37. The van der Waals surface area contributed by atoms with Crippen LogP contribution in [0.15, 0.2) is 72.8 Å². The highest BCUT2D eigenvalue weighted by atomic mass is 32.1. The third-order valence-electron chi connectivity index (χ3n) is 5.88. The van der Waals surface area contributed by atoms with Crippen LogP contribution in [0.2, 0.25) is 0 Å². The molecule has 1 aliphatic rings. The van der Waals surface area contributed by atoms with Crippen LogP contribution in [-0.2, 0) is 22.8 Å². The number of anilines is 3. The molecule has 1 aromatic heterocycles. The second-order valence-electron chi connectivity index (χ2n) is 8.60. The number of rotatable bonds is 9. The van der Waals surface area contributed by atoms with Gasteiger partial charge in [-0.1, -0.05) is 42.5 Å². The molecule has 1 radical (unpaired) electrons. The molecule has 0 saturated carbocycles. The number of hydrogen-bond acceptors (Lipinski definition) is 7. The molecule has 1 aliphatic heterocycles. The van der Waals surface area contributed by atoms with Crippen LogP contribution in [0.5, 0.6) is 0 Å². The number of hydrogen-bond donors (Lipinski definition) is 5. The van der Waals surface area contributed by atoms with E-state index in [1.165, 1.54) is 0 Å². The molecule has 5 N–H and O–H groups in total. The first-order valence-corrected chi connectivity index (χ1v) is 12.4. The van der Waals surface area contributed by atoms with E-state index in [9.17, 15) is 9.90 Å². The van der Waals surface area contributed by atoms with Gasteiger partial charge in [0.25, 0.3) is 0 Å². The Morgan fingerprint density at radius 3 is 2.51 bits per heavy atom. The van der Waals surface area contributed by atoms with E-state index in [0.717, 1.165) is 33.9 Å². The van der Waals surface area contributed by atoms with Crippen molar-refractivity contribution in [3.8, 4) is 5.69 Å².